The lowest BCUT2D eigenvalue weighted by molar-refractivity contribution is -0.127. The Labute approximate surface area is 169 Å². The van der Waals surface area contributed by atoms with Crippen molar-refractivity contribution in [2.75, 3.05) is 26.2 Å². The minimum Gasteiger partial charge on any atom is -0.352 e. The molecule has 3 rings (SSSR count). The largest absolute Gasteiger partial charge is 0.352 e. The van der Waals surface area contributed by atoms with E-state index in [1.807, 2.05) is 37.3 Å². The molecule has 1 amide bonds. The average molecular weight is 408 g/mol. The number of rotatable bonds is 6. The molecule has 3 atom stereocenters. The van der Waals surface area contributed by atoms with Crippen LogP contribution in [-0.4, -0.2) is 61.8 Å². The van der Waals surface area contributed by atoms with Crippen molar-refractivity contribution in [3.8, 4) is 0 Å². The number of carbonyl (C=O) groups is 1. The first kappa shape index (κ1) is 21.3. The Hall–Kier alpha value is -1.44. The van der Waals surface area contributed by atoms with E-state index in [0.717, 1.165) is 12.0 Å². The Morgan fingerprint density at radius 3 is 2.39 bits per heavy atom. The van der Waals surface area contributed by atoms with Gasteiger partial charge in [0, 0.05) is 32.2 Å². The van der Waals surface area contributed by atoms with Crippen molar-refractivity contribution in [2.24, 2.45) is 5.92 Å². The van der Waals surface area contributed by atoms with Crippen molar-refractivity contribution in [3.05, 3.63) is 35.9 Å². The minimum absolute atomic E-state index is 0.0312. The van der Waals surface area contributed by atoms with Gasteiger partial charge in [-0.25, -0.2) is 8.42 Å². The van der Waals surface area contributed by atoms with Crippen LogP contribution >= 0.6 is 0 Å². The van der Waals surface area contributed by atoms with Gasteiger partial charge >= 0.3 is 0 Å². The zero-order chi connectivity index (χ0) is 20.1. The SMILES string of the molecule is C[C@H](C(=O)N[C@H]1CCCC[C@@H]1C)N1CCN(S(=O)(=O)Cc2ccccc2)CC1. The van der Waals surface area contributed by atoms with Crippen LogP contribution in [0.4, 0.5) is 0 Å². The molecule has 1 heterocycles. The topological polar surface area (TPSA) is 69.7 Å². The van der Waals surface area contributed by atoms with E-state index in [9.17, 15) is 13.2 Å². The van der Waals surface area contributed by atoms with Crippen molar-refractivity contribution in [1.82, 2.24) is 14.5 Å². The summed E-state index contributed by atoms with van der Waals surface area (Å²) in [6.07, 6.45) is 4.67. The van der Waals surface area contributed by atoms with Crippen LogP contribution in [0.2, 0.25) is 0 Å². The number of benzene rings is 1. The van der Waals surface area contributed by atoms with Crippen LogP contribution in [0.1, 0.15) is 45.1 Å². The van der Waals surface area contributed by atoms with Crippen LogP contribution in [0, 0.1) is 5.92 Å². The number of hydrogen-bond donors (Lipinski definition) is 1. The maximum absolute atomic E-state index is 12.7. The molecular formula is C21H33N3O3S. The second kappa shape index (κ2) is 9.37. The summed E-state index contributed by atoms with van der Waals surface area (Å²) in [6, 6.07) is 9.32. The summed E-state index contributed by atoms with van der Waals surface area (Å²) in [5.41, 5.74) is 0.805. The minimum atomic E-state index is -3.33. The lowest BCUT2D eigenvalue weighted by Crippen LogP contribution is -2.56. The summed E-state index contributed by atoms with van der Waals surface area (Å²) in [7, 11) is -3.33. The summed E-state index contributed by atoms with van der Waals surface area (Å²) in [4.78, 5) is 14.8. The molecule has 1 aliphatic heterocycles. The third-order valence-electron chi connectivity index (χ3n) is 6.22. The van der Waals surface area contributed by atoms with Crippen LogP contribution < -0.4 is 5.32 Å². The predicted octanol–water partition coefficient (Wildman–Crippen LogP) is 2.22. The maximum Gasteiger partial charge on any atom is 0.237 e. The second-order valence-corrected chi connectivity index (χ2v) is 10.2. The molecule has 156 valence electrons. The van der Waals surface area contributed by atoms with Crippen molar-refractivity contribution in [2.45, 2.75) is 57.4 Å². The first-order chi connectivity index (χ1) is 13.4. The number of nitrogens with zero attached hydrogens (tertiary/aromatic N) is 2. The number of sulfonamides is 1. The third kappa shape index (κ3) is 5.33. The van der Waals surface area contributed by atoms with E-state index in [4.69, 9.17) is 0 Å². The smallest absolute Gasteiger partial charge is 0.237 e. The molecule has 1 saturated carbocycles. The van der Waals surface area contributed by atoms with E-state index in [1.54, 1.807) is 4.31 Å². The highest BCUT2D eigenvalue weighted by molar-refractivity contribution is 7.88. The molecule has 1 aromatic carbocycles. The van der Waals surface area contributed by atoms with E-state index < -0.39 is 10.0 Å². The van der Waals surface area contributed by atoms with Crippen LogP contribution in [0.15, 0.2) is 30.3 Å². The van der Waals surface area contributed by atoms with Crippen molar-refractivity contribution < 1.29 is 13.2 Å². The zero-order valence-corrected chi connectivity index (χ0v) is 17.8. The number of nitrogens with one attached hydrogen (secondary N) is 1. The first-order valence-electron chi connectivity index (χ1n) is 10.4. The molecule has 0 aromatic heterocycles. The van der Waals surface area contributed by atoms with Gasteiger partial charge in [0.05, 0.1) is 11.8 Å². The summed E-state index contributed by atoms with van der Waals surface area (Å²) in [6.45, 7) is 6.19. The predicted molar refractivity (Wildman–Crippen MR) is 111 cm³/mol. The molecule has 1 saturated heterocycles. The molecule has 0 spiro atoms. The highest BCUT2D eigenvalue weighted by Crippen LogP contribution is 2.24. The molecule has 1 aliphatic carbocycles. The number of hydrogen-bond acceptors (Lipinski definition) is 4. The number of carbonyl (C=O) groups excluding carboxylic acids is 1. The average Bonchev–Trinajstić information content (AvgIpc) is 2.69. The van der Waals surface area contributed by atoms with Gasteiger partial charge in [0.1, 0.15) is 0 Å². The van der Waals surface area contributed by atoms with Gasteiger partial charge in [0.15, 0.2) is 0 Å². The van der Waals surface area contributed by atoms with E-state index >= 15 is 0 Å². The fraction of sp³-hybridized carbons (Fsp3) is 0.667. The van der Waals surface area contributed by atoms with Gasteiger partial charge in [-0.05, 0) is 31.2 Å². The molecule has 0 unspecified atom stereocenters. The molecule has 0 bridgehead atoms. The molecule has 2 fully saturated rings. The molecule has 1 aromatic rings. The molecule has 6 nitrogen and oxygen atoms in total. The molecule has 28 heavy (non-hydrogen) atoms. The third-order valence-corrected chi connectivity index (χ3v) is 8.07. The zero-order valence-electron chi connectivity index (χ0n) is 17.0. The highest BCUT2D eigenvalue weighted by atomic mass is 32.2. The van der Waals surface area contributed by atoms with Gasteiger partial charge in [0.25, 0.3) is 0 Å². The van der Waals surface area contributed by atoms with Gasteiger partial charge in [-0.3, -0.25) is 9.69 Å². The number of amides is 1. The second-order valence-electron chi connectivity index (χ2n) is 8.23. The van der Waals surface area contributed by atoms with E-state index in [0.29, 0.717) is 32.1 Å². The molecule has 1 N–H and O–H groups in total. The van der Waals surface area contributed by atoms with Crippen LogP contribution in [0.5, 0.6) is 0 Å². The van der Waals surface area contributed by atoms with E-state index in [1.165, 1.54) is 19.3 Å². The van der Waals surface area contributed by atoms with Gasteiger partial charge in [-0.1, -0.05) is 50.1 Å². The molecular weight excluding hydrogens is 374 g/mol. The van der Waals surface area contributed by atoms with Crippen LogP contribution in [0.3, 0.4) is 0 Å². The monoisotopic (exact) mass is 407 g/mol. The Balaban J connectivity index is 1.50. The Morgan fingerprint density at radius 1 is 1.11 bits per heavy atom. The summed E-state index contributed by atoms with van der Waals surface area (Å²) >= 11 is 0. The van der Waals surface area contributed by atoms with Gasteiger partial charge in [-0.2, -0.15) is 4.31 Å². The molecule has 7 heteroatoms. The lowest BCUT2D eigenvalue weighted by Gasteiger charge is -2.38. The van der Waals surface area contributed by atoms with E-state index in [2.05, 4.69) is 17.1 Å². The fourth-order valence-electron chi connectivity index (χ4n) is 4.25. The molecule has 2 aliphatic rings. The highest BCUT2D eigenvalue weighted by Gasteiger charge is 2.32. The van der Waals surface area contributed by atoms with Crippen molar-refractivity contribution >= 4 is 15.9 Å². The summed E-state index contributed by atoms with van der Waals surface area (Å²) < 4.78 is 26.9. The Morgan fingerprint density at radius 2 is 1.75 bits per heavy atom. The molecule has 0 radical (unpaired) electrons. The Kier molecular flexibility index (Phi) is 7.12. The normalized spacial score (nSPS) is 25.9. The standard InChI is InChI=1S/C21H33N3O3S/c1-17-8-6-7-11-20(17)22-21(25)18(2)23-12-14-24(15-13-23)28(26,27)16-19-9-4-3-5-10-19/h3-5,9-10,17-18,20H,6-8,11-16H2,1-2H3,(H,22,25)/t17-,18+,20-/m0/s1. The van der Waals surface area contributed by atoms with Crippen LogP contribution in [0.25, 0.3) is 0 Å². The van der Waals surface area contributed by atoms with Gasteiger partial charge in [-0.15, -0.1) is 0 Å². The van der Waals surface area contributed by atoms with Gasteiger partial charge in [0.2, 0.25) is 15.9 Å². The summed E-state index contributed by atoms with van der Waals surface area (Å²) in [5.74, 6) is 0.632. The lowest BCUT2D eigenvalue weighted by atomic mass is 9.86. The van der Waals surface area contributed by atoms with E-state index in [-0.39, 0.29) is 23.7 Å². The quantitative estimate of drug-likeness (QED) is 0.785. The van der Waals surface area contributed by atoms with Crippen molar-refractivity contribution in [1.29, 1.82) is 0 Å². The van der Waals surface area contributed by atoms with Crippen molar-refractivity contribution in [3.63, 3.8) is 0 Å². The fourth-order valence-corrected chi connectivity index (χ4v) is 5.76. The number of piperazine rings is 1. The first-order valence-corrected chi connectivity index (χ1v) is 12.0. The maximum atomic E-state index is 12.7. The van der Waals surface area contributed by atoms with Crippen LogP contribution in [-0.2, 0) is 20.6 Å². The Bertz CT molecular complexity index is 745. The summed E-state index contributed by atoms with van der Waals surface area (Å²) in [5, 5.41) is 3.23. The van der Waals surface area contributed by atoms with Gasteiger partial charge < -0.3 is 5.32 Å².